The highest BCUT2D eigenvalue weighted by Gasteiger charge is 2.34. The average Bonchev–Trinajstić information content (AvgIpc) is 2.27. The molecule has 7 heteroatoms. The van der Waals surface area contributed by atoms with Crippen molar-refractivity contribution in [3.8, 4) is 0 Å². The van der Waals surface area contributed by atoms with Gasteiger partial charge in [0.25, 0.3) is 0 Å². The van der Waals surface area contributed by atoms with E-state index in [1.165, 1.54) is 0 Å². The molecule has 0 aliphatic heterocycles. The van der Waals surface area contributed by atoms with Gasteiger partial charge in [-0.15, -0.1) is 11.6 Å². The van der Waals surface area contributed by atoms with E-state index in [4.69, 9.17) is 21.8 Å². The molecule has 0 fully saturated rings. The smallest absolute Gasteiger partial charge is 0.408 e. The van der Waals surface area contributed by atoms with Crippen LogP contribution in [0.3, 0.4) is 0 Å². The van der Waals surface area contributed by atoms with Gasteiger partial charge < -0.3 is 10.2 Å². The Labute approximate surface area is 106 Å². The minimum absolute atomic E-state index is 0.188. The lowest BCUT2D eigenvalue weighted by Gasteiger charge is -2.38. The molecule has 0 saturated carbocycles. The number of amides is 2. The van der Waals surface area contributed by atoms with Gasteiger partial charge in [-0.05, 0) is 20.3 Å². The normalized spacial score (nSPS) is 12.3. The second-order valence-corrected chi connectivity index (χ2v) is 4.04. The van der Waals surface area contributed by atoms with Crippen molar-refractivity contribution >= 4 is 23.8 Å². The fraction of sp³-hybridized carbons (Fsp3) is 0.800. The van der Waals surface area contributed by atoms with Crippen LogP contribution in [0.2, 0.25) is 0 Å². The highest BCUT2D eigenvalue weighted by molar-refractivity contribution is 6.21. The van der Waals surface area contributed by atoms with E-state index >= 15 is 0 Å². The Morgan fingerprint density at radius 1 is 1.06 bits per heavy atom. The van der Waals surface area contributed by atoms with Gasteiger partial charge in [0, 0.05) is 13.1 Å². The molecule has 0 aliphatic carbocycles. The summed E-state index contributed by atoms with van der Waals surface area (Å²) in [5, 5.41) is 17.6. The van der Waals surface area contributed by atoms with Crippen LogP contribution >= 0.6 is 11.6 Å². The minimum atomic E-state index is -1.17. The first-order valence-corrected chi connectivity index (χ1v) is 5.97. The molecule has 100 valence electrons. The van der Waals surface area contributed by atoms with E-state index in [0.717, 1.165) is 9.80 Å². The number of halogens is 1. The predicted octanol–water partition coefficient (Wildman–Crippen LogP) is 2.33. The first-order valence-electron chi connectivity index (χ1n) is 5.53. The molecule has 0 radical (unpaired) electrons. The third kappa shape index (κ3) is 3.96. The van der Waals surface area contributed by atoms with Gasteiger partial charge in [-0.3, -0.25) is 9.80 Å². The molecular formula is C10H19ClN2O4. The summed E-state index contributed by atoms with van der Waals surface area (Å²) in [4.78, 5) is 24.2. The Balaban J connectivity index is 5.22. The average molecular weight is 267 g/mol. The number of carboxylic acid groups (broad SMARTS) is 2. The molecule has 6 nitrogen and oxygen atoms in total. The van der Waals surface area contributed by atoms with Crippen molar-refractivity contribution in [3.05, 3.63) is 0 Å². The molecule has 0 saturated heterocycles. The second-order valence-electron chi connectivity index (χ2n) is 3.48. The number of nitrogens with zero attached hydrogens (tertiary/aromatic N) is 2. The van der Waals surface area contributed by atoms with E-state index in [9.17, 15) is 9.59 Å². The molecule has 0 aromatic heterocycles. The van der Waals surface area contributed by atoms with Crippen molar-refractivity contribution < 1.29 is 19.8 Å². The second kappa shape index (κ2) is 7.21. The summed E-state index contributed by atoms with van der Waals surface area (Å²) < 4.78 is 0. The summed E-state index contributed by atoms with van der Waals surface area (Å²) in [6.07, 6.45) is -2.71. The van der Waals surface area contributed by atoms with Gasteiger partial charge in [0.2, 0.25) is 0 Å². The third-order valence-electron chi connectivity index (χ3n) is 2.52. The largest absolute Gasteiger partial charge is 0.465 e. The van der Waals surface area contributed by atoms with Crippen LogP contribution < -0.4 is 0 Å². The predicted molar refractivity (Wildman–Crippen MR) is 64.5 cm³/mol. The van der Waals surface area contributed by atoms with E-state index in [-0.39, 0.29) is 13.1 Å². The van der Waals surface area contributed by atoms with Crippen LogP contribution in [0, 0.1) is 0 Å². The fourth-order valence-electron chi connectivity index (χ4n) is 1.64. The van der Waals surface area contributed by atoms with Crippen molar-refractivity contribution in [2.45, 2.75) is 38.7 Å². The van der Waals surface area contributed by atoms with Crippen LogP contribution in [0.4, 0.5) is 9.59 Å². The Bertz CT molecular complexity index is 253. The lowest BCUT2D eigenvalue weighted by molar-refractivity contribution is 0.0464. The van der Waals surface area contributed by atoms with Gasteiger partial charge in [0.1, 0.15) is 6.17 Å². The molecular weight excluding hydrogens is 248 g/mol. The number of carbonyl (C=O) groups is 2. The van der Waals surface area contributed by atoms with Gasteiger partial charge in [0.15, 0.2) is 0 Å². The maximum Gasteiger partial charge on any atom is 0.408 e. The maximum atomic E-state index is 11.1. The quantitative estimate of drug-likeness (QED) is 0.571. The standard InChI is InChI=1S/C10H19ClN2O4/c1-4-7(11)8(12(5-2)9(14)15)13(6-3)10(16)17/h7-8H,4-6H2,1-3H3,(H,14,15)(H,16,17). The summed E-state index contributed by atoms with van der Waals surface area (Å²) in [6.45, 7) is 5.46. The first kappa shape index (κ1) is 15.8. The topological polar surface area (TPSA) is 81.1 Å². The number of hydrogen-bond acceptors (Lipinski definition) is 2. The highest BCUT2D eigenvalue weighted by atomic mass is 35.5. The Kier molecular flexibility index (Phi) is 6.72. The van der Waals surface area contributed by atoms with Crippen LogP contribution in [0.15, 0.2) is 0 Å². The van der Waals surface area contributed by atoms with Crippen molar-refractivity contribution in [3.63, 3.8) is 0 Å². The molecule has 0 rings (SSSR count). The summed E-state index contributed by atoms with van der Waals surface area (Å²) in [6, 6.07) is 0. The third-order valence-corrected chi connectivity index (χ3v) is 3.06. The Hall–Kier alpha value is -1.17. The summed E-state index contributed by atoms with van der Waals surface area (Å²) in [5.74, 6) is 0. The maximum absolute atomic E-state index is 11.1. The zero-order chi connectivity index (χ0) is 13.6. The molecule has 17 heavy (non-hydrogen) atoms. The lowest BCUT2D eigenvalue weighted by atomic mass is 10.2. The molecule has 1 atom stereocenters. The number of alkyl halides is 1. The molecule has 2 N–H and O–H groups in total. The van der Waals surface area contributed by atoms with Crippen LogP contribution in [0.1, 0.15) is 27.2 Å². The van der Waals surface area contributed by atoms with E-state index in [1.54, 1.807) is 20.8 Å². The van der Waals surface area contributed by atoms with Crippen LogP contribution in [-0.2, 0) is 0 Å². The Morgan fingerprint density at radius 2 is 1.41 bits per heavy atom. The zero-order valence-electron chi connectivity index (χ0n) is 10.3. The number of rotatable bonds is 6. The molecule has 0 aliphatic rings. The highest BCUT2D eigenvalue weighted by Crippen LogP contribution is 2.18. The van der Waals surface area contributed by atoms with Gasteiger partial charge in [-0.2, -0.15) is 0 Å². The molecule has 2 amide bonds. The SMILES string of the molecule is CCC(Cl)C(N(CC)C(=O)O)N(CC)C(=O)O. The molecule has 0 aromatic carbocycles. The van der Waals surface area contributed by atoms with Crippen molar-refractivity contribution in [1.82, 2.24) is 9.80 Å². The van der Waals surface area contributed by atoms with Crippen LogP contribution in [0.5, 0.6) is 0 Å². The first-order chi connectivity index (χ1) is 7.90. The monoisotopic (exact) mass is 266 g/mol. The molecule has 0 heterocycles. The summed E-state index contributed by atoms with van der Waals surface area (Å²) >= 11 is 6.06. The van der Waals surface area contributed by atoms with Crippen molar-refractivity contribution in [2.75, 3.05) is 13.1 Å². The van der Waals surface area contributed by atoms with Crippen molar-refractivity contribution in [1.29, 1.82) is 0 Å². The number of hydrogen-bond donors (Lipinski definition) is 2. The van der Waals surface area contributed by atoms with Gasteiger partial charge in [0.05, 0.1) is 5.38 Å². The fourth-order valence-corrected chi connectivity index (χ4v) is 1.91. The summed E-state index contributed by atoms with van der Waals surface area (Å²) in [7, 11) is 0. The van der Waals surface area contributed by atoms with E-state index < -0.39 is 23.7 Å². The molecule has 0 spiro atoms. The van der Waals surface area contributed by atoms with Gasteiger partial charge in [-0.1, -0.05) is 6.92 Å². The minimum Gasteiger partial charge on any atom is -0.465 e. The van der Waals surface area contributed by atoms with Gasteiger partial charge in [-0.25, -0.2) is 9.59 Å². The van der Waals surface area contributed by atoms with Crippen molar-refractivity contribution in [2.24, 2.45) is 0 Å². The van der Waals surface area contributed by atoms with Crippen LogP contribution in [-0.4, -0.2) is 56.8 Å². The van der Waals surface area contributed by atoms with E-state index in [2.05, 4.69) is 0 Å². The summed E-state index contributed by atoms with van der Waals surface area (Å²) in [5.41, 5.74) is 0. The van der Waals surface area contributed by atoms with Crippen LogP contribution in [0.25, 0.3) is 0 Å². The molecule has 1 unspecified atom stereocenters. The lowest BCUT2D eigenvalue weighted by Crippen LogP contribution is -2.56. The molecule has 0 bridgehead atoms. The zero-order valence-corrected chi connectivity index (χ0v) is 11.0. The molecule has 0 aromatic rings. The van der Waals surface area contributed by atoms with E-state index in [0.29, 0.717) is 6.42 Å². The van der Waals surface area contributed by atoms with Gasteiger partial charge >= 0.3 is 12.2 Å². The van der Waals surface area contributed by atoms with E-state index in [1.807, 2.05) is 0 Å². The Morgan fingerprint density at radius 3 is 1.59 bits per heavy atom.